The molecule has 0 bridgehead atoms. The Labute approximate surface area is 156 Å². The highest BCUT2D eigenvalue weighted by Gasteiger charge is 2.42. The molecule has 0 aromatic carbocycles. The van der Waals surface area contributed by atoms with E-state index < -0.39 is 40.9 Å². The van der Waals surface area contributed by atoms with E-state index in [2.05, 4.69) is 5.32 Å². The van der Waals surface area contributed by atoms with E-state index in [0.29, 0.717) is 6.29 Å². The van der Waals surface area contributed by atoms with E-state index in [-0.39, 0.29) is 12.3 Å². The second-order valence-electron chi connectivity index (χ2n) is 8.80. The van der Waals surface area contributed by atoms with E-state index in [0.717, 1.165) is 0 Å². The molecule has 3 atom stereocenters. The molecule has 7 heteroatoms. The number of likely N-dealkylation sites (N-methyl/N-ethyl adjacent to an activating group) is 1. The number of ether oxygens (including phenoxy) is 1. The van der Waals surface area contributed by atoms with Gasteiger partial charge in [-0.3, -0.25) is 14.4 Å². The molecule has 0 rings (SSSR count). The average molecular weight is 370 g/mol. The van der Waals surface area contributed by atoms with Crippen molar-refractivity contribution in [2.45, 2.75) is 79.5 Å². The van der Waals surface area contributed by atoms with Crippen molar-refractivity contribution in [3.05, 3.63) is 0 Å². The number of hydrogen-bond donors (Lipinski definition) is 1. The van der Waals surface area contributed by atoms with Gasteiger partial charge in [-0.25, -0.2) is 0 Å². The van der Waals surface area contributed by atoms with Crippen LogP contribution >= 0.6 is 0 Å². The number of carbonyl (C=O) groups excluding carboxylic acids is 4. The average Bonchev–Trinajstić information content (AvgIpc) is 2.42. The highest BCUT2D eigenvalue weighted by Crippen LogP contribution is 2.24. The molecule has 0 aliphatic carbocycles. The van der Waals surface area contributed by atoms with Crippen LogP contribution in [0.15, 0.2) is 0 Å². The Morgan fingerprint density at radius 3 is 1.96 bits per heavy atom. The van der Waals surface area contributed by atoms with Gasteiger partial charge in [-0.15, -0.1) is 0 Å². The molecule has 0 aromatic rings. The minimum absolute atomic E-state index is 0.106. The van der Waals surface area contributed by atoms with Gasteiger partial charge in [0.25, 0.3) is 0 Å². The van der Waals surface area contributed by atoms with Gasteiger partial charge in [-0.2, -0.15) is 0 Å². The van der Waals surface area contributed by atoms with Gasteiger partial charge in [0.05, 0.1) is 0 Å². The Balaban J connectivity index is 6.05. The zero-order valence-corrected chi connectivity index (χ0v) is 17.5. The van der Waals surface area contributed by atoms with Crippen LogP contribution in [0.5, 0.6) is 0 Å². The molecular weight excluding hydrogens is 336 g/mol. The van der Waals surface area contributed by atoms with Gasteiger partial charge in [-0.05, 0) is 20.8 Å². The van der Waals surface area contributed by atoms with Crippen molar-refractivity contribution in [1.29, 1.82) is 0 Å². The fourth-order valence-electron chi connectivity index (χ4n) is 2.61. The lowest BCUT2D eigenvalue weighted by Crippen LogP contribution is -2.60. The fourth-order valence-corrected chi connectivity index (χ4v) is 2.61. The topological polar surface area (TPSA) is 92.8 Å². The predicted octanol–water partition coefficient (Wildman–Crippen LogP) is 1.93. The van der Waals surface area contributed by atoms with Crippen LogP contribution in [0.25, 0.3) is 0 Å². The molecule has 0 spiro atoms. The molecule has 0 unspecified atom stereocenters. The van der Waals surface area contributed by atoms with E-state index in [1.54, 1.807) is 27.7 Å². The summed E-state index contributed by atoms with van der Waals surface area (Å²) in [5.41, 5.74) is -1.25. The lowest BCUT2D eigenvalue weighted by Gasteiger charge is -2.39. The van der Waals surface area contributed by atoms with Gasteiger partial charge in [0.2, 0.25) is 11.8 Å². The molecule has 0 heterocycles. The summed E-state index contributed by atoms with van der Waals surface area (Å²) in [6.45, 7) is 13.7. The largest absolute Gasteiger partial charge is 0.459 e. The summed E-state index contributed by atoms with van der Waals surface area (Å²) in [7, 11) is 1.52. The number of nitrogens with zero attached hydrogens (tertiary/aromatic N) is 1. The SMILES string of the molecule is CC(=O)O[C@H]([C@H](C)CC=O)[C@@H](C(=O)NC(C)(C)C)N(C)C(=O)C(C)(C)C. The zero-order valence-electron chi connectivity index (χ0n) is 17.5. The molecule has 26 heavy (non-hydrogen) atoms. The molecule has 0 aromatic heterocycles. The quantitative estimate of drug-likeness (QED) is 0.546. The Morgan fingerprint density at radius 1 is 1.12 bits per heavy atom. The number of aldehydes is 1. The fraction of sp³-hybridized carbons (Fsp3) is 0.789. The van der Waals surface area contributed by atoms with Crippen molar-refractivity contribution < 1.29 is 23.9 Å². The summed E-state index contributed by atoms with van der Waals surface area (Å²) < 4.78 is 5.39. The molecule has 0 aliphatic rings. The summed E-state index contributed by atoms with van der Waals surface area (Å²) in [5.74, 6) is -1.69. The van der Waals surface area contributed by atoms with Crippen LogP contribution in [0.2, 0.25) is 0 Å². The minimum Gasteiger partial charge on any atom is -0.459 e. The summed E-state index contributed by atoms with van der Waals surface area (Å²) in [5, 5.41) is 2.84. The minimum atomic E-state index is -1.04. The van der Waals surface area contributed by atoms with Gasteiger partial charge in [-0.1, -0.05) is 27.7 Å². The molecule has 150 valence electrons. The highest BCUT2D eigenvalue weighted by molar-refractivity contribution is 5.90. The van der Waals surface area contributed by atoms with E-state index in [9.17, 15) is 19.2 Å². The van der Waals surface area contributed by atoms with E-state index in [1.807, 2.05) is 20.8 Å². The maximum absolute atomic E-state index is 13.0. The summed E-state index contributed by atoms with van der Waals surface area (Å²) in [6, 6.07) is -1.04. The van der Waals surface area contributed by atoms with Crippen LogP contribution in [0.1, 0.15) is 61.8 Å². The normalized spacial score (nSPS) is 15.4. The Bertz CT molecular complexity index is 531. The molecular formula is C19H34N2O5. The Morgan fingerprint density at radius 2 is 1.62 bits per heavy atom. The molecule has 7 nitrogen and oxygen atoms in total. The first kappa shape index (κ1) is 24.1. The van der Waals surface area contributed by atoms with Crippen molar-refractivity contribution in [2.24, 2.45) is 11.3 Å². The maximum atomic E-state index is 13.0. The van der Waals surface area contributed by atoms with Gasteiger partial charge in [0, 0.05) is 37.3 Å². The first-order valence-electron chi connectivity index (χ1n) is 8.82. The molecule has 0 radical (unpaired) electrons. The van der Waals surface area contributed by atoms with Crippen LogP contribution in [-0.2, 0) is 23.9 Å². The van der Waals surface area contributed by atoms with E-state index in [4.69, 9.17) is 4.74 Å². The molecule has 0 fully saturated rings. The van der Waals surface area contributed by atoms with Crippen LogP contribution in [0.3, 0.4) is 0 Å². The summed E-state index contributed by atoms with van der Waals surface area (Å²) in [6.07, 6.45) is -0.114. The van der Waals surface area contributed by atoms with Crippen molar-refractivity contribution in [3.8, 4) is 0 Å². The molecule has 2 amide bonds. The smallest absolute Gasteiger partial charge is 0.303 e. The number of esters is 1. The standard InChI is InChI=1S/C19H34N2O5/c1-12(10-11-22)15(26-13(2)23)14(16(24)20-19(6,7)8)21(9)17(25)18(3,4)5/h11-12,14-15H,10H2,1-9H3,(H,20,24)/t12-,14+,15-/m1/s1. The van der Waals surface area contributed by atoms with Crippen LogP contribution < -0.4 is 5.32 Å². The number of nitrogens with one attached hydrogen (secondary N) is 1. The number of rotatable bonds is 7. The second-order valence-corrected chi connectivity index (χ2v) is 8.80. The molecule has 1 N–H and O–H groups in total. The van der Waals surface area contributed by atoms with Gasteiger partial charge in [0.1, 0.15) is 18.4 Å². The zero-order chi connectivity index (χ0) is 20.9. The van der Waals surface area contributed by atoms with Crippen molar-refractivity contribution in [2.75, 3.05) is 7.05 Å². The molecule has 0 saturated carbocycles. The molecule has 0 saturated heterocycles. The Kier molecular flexibility index (Phi) is 8.47. The maximum Gasteiger partial charge on any atom is 0.303 e. The van der Waals surface area contributed by atoms with Crippen molar-refractivity contribution in [1.82, 2.24) is 10.2 Å². The second kappa shape index (κ2) is 9.14. The van der Waals surface area contributed by atoms with Crippen molar-refractivity contribution >= 4 is 24.1 Å². The van der Waals surface area contributed by atoms with Gasteiger partial charge in [0.15, 0.2) is 0 Å². The van der Waals surface area contributed by atoms with E-state index in [1.165, 1.54) is 18.9 Å². The number of hydrogen-bond acceptors (Lipinski definition) is 5. The van der Waals surface area contributed by atoms with Crippen LogP contribution in [0, 0.1) is 11.3 Å². The van der Waals surface area contributed by atoms with Gasteiger partial charge >= 0.3 is 5.97 Å². The lowest BCUT2D eigenvalue weighted by molar-refractivity contribution is -0.163. The first-order valence-corrected chi connectivity index (χ1v) is 8.82. The first-order chi connectivity index (χ1) is 11.6. The third kappa shape index (κ3) is 7.54. The highest BCUT2D eigenvalue weighted by atomic mass is 16.5. The van der Waals surface area contributed by atoms with Crippen molar-refractivity contribution in [3.63, 3.8) is 0 Å². The number of amides is 2. The summed E-state index contributed by atoms with van der Waals surface area (Å²) >= 11 is 0. The van der Waals surface area contributed by atoms with E-state index >= 15 is 0 Å². The molecule has 0 aliphatic heterocycles. The lowest BCUT2D eigenvalue weighted by atomic mass is 9.89. The Hall–Kier alpha value is -1.92. The third-order valence-corrected chi connectivity index (χ3v) is 3.79. The van der Waals surface area contributed by atoms with Gasteiger partial charge < -0.3 is 19.7 Å². The summed E-state index contributed by atoms with van der Waals surface area (Å²) in [4.78, 5) is 49.7. The third-order valence-electron chi connectivity index (χ3n) is 3.79. The number of carbonyl (C=O) groups is 4. The van der Waals surface area contributed by atoms with Crippen LogP contribution in [0.4, 0.5) is 0 Å². The van der Waals surface area contributed by atoms with Crippen LogP contribution in [-0.4, -0.2) is 53.7 Å². The predicted molar refractivity (Wildman–Crippen MR) is 99.3 cm³/mol. The monoisotopic (exact) mass is 370 g/mol.